The Morgan fingerprint density at radius 1 is 1.50 bits per heavy atom. The van der Waals surface area contributed by atoms with Crippen LogP contribution in [-0.4, -0.2) is 12.1 Å². The molecule has 1 rings (SSSR count). The highest BCUT2D eigenvalue weighted by molar-refractivity contribution is 5.80. The van der Waals surface area contributed by atoms with Gasteiger partial charge in [-0.1, -0.05) is 0 Å². The maximum atomic E-state index is 10.3. The third kappa shape index (κ3) is 0.726. The minimum atomic E-state index is -0.407. The van der Waals surface area contributed by atoms with Crippen molar-refractivity contribution < 1.29 is 4.79 Å². The predicted molar refractivity (Wildman–Crippen MR) is 28.4 cm³/mol. The van der Waals surface area contributed by atoms with E-state index in [0.29, 0.717) is 0 Å². The van der Waals surface area contributed by atoms with E-state index in [1.165, 1.54) is 0 Å². The monoisotopic (exact) mass is 113 g/mol. The molecule has 4 nitrogen and oxygen atoms in total. The molecule has 0 aliphatic carbocycles. The second-order valence-electron chi connectivity index (χ2n) is 1.50. The third-order valence-electron chi connectivity index (χ3n) is 0.894. The van der Waals surface area contributed by atoms with E-state index in [-0.39, 0.29) is 0 Å². The molecule has 4 N–H and O–H groups in total. The highest BCUT2D eigenvalue weighted by Crippen LogP contribution is 1.82. The van der Waals surface area contributed by atoms with Crippen LogP contribution in [-0.2, 0) is 4.79 Å². The first-order valence-corrected chi connectivity index (χ1v) is 2.27. The van der Waals surface area contributed by atoms with E-state index in [1.54, 1.807) is 12.4 Å². The summed E-state index contributed by atoms with van der Waals surface area (Å²) in [6.07, 6.45) is 2.86. The van der Waals surface area contributed by atoms with Crippen LogP contribution in [0, 0.1) is 0 Å². The van der Waals surface area contributed by atoms with E-state index in [0.717, 1.165) is 0 Å². The van der Waals surface area contributed by atoms with Crippen molar-refractivity contribution in [2.45, 2.75) is 6.17 Å². The van der Waals surface area contributed by atoms with Crippen molar-refractivity contribution in [2.75, 3.05) is 0 Å². The minimum absolute atomic E-state index is 0.394. The van der Waals surface area contributed by atoms with Crippen LogP contribution >= 0.6 is 0 Å². The molecule has 0 aromatic rings. The molecule has 8 heavy (non-hydrogen) atoms. The molecule has 0 bridgehead atoms. The summed E-state index contributed by atoms with van der Waals surface area (Å²) < 4.78 is 0. The van der Waals surface area contributed by atoms with E-state index < -0.39 is 12.1 Å². The lowest BCUT2D eigenvalue weighted by Gasteiger charge is -2.04. The Kier molecular flexibility index (Phi) is 1.07. The van der Waals surface area contributed by atoms with Crippen molar-refractivity contribution in [2.24, 2.45) is 5.73 Å². The lowest BCUT2D eigenvalue weighted by molar-refractivity contribution is -0.120. The largest absolute Gasteiger partial charge is 0.366 e. The van der Waals surface area contributed by atoms with Gasteiger partial charge in [-0.25, -0.2) is 0 Å². The van der Waals surface area contributed by atoms with Crippen LogP contribution in [0.4, 0.5) is 0 Å². The molecule has 1 aliphatic rings. The van der Waals surface area contributed by atoms with E-state index in [1.807, 2.05) is 0 Å². The molecule has 4 heteroatoms. The Balaban J connectivity index is 2.41. The Hall–Kier alpha value is -1.19. The van der Waals surface area contributed by atoms with Gasteiger partial charge in [-0.15, -0.1) is 0 Å². The van der Waals surface area contributed by atoms with Crippen LogP contribution in [0.1, 0.15) is 0 Å². The van der Waals surface area contributed by atoms with Gasteiger partial charge in [0.25, 0.3) is 5.91 Å². The molecule has 1 heterocycles. The fraction of sp³-hybridized carbons (Fsp3) is 0.250. The highest BCUT2D eigenvalue weighted by atomic mass is 16.1. The fourth-order valence-electron chi connectivity index (χ4n) is 0.501. The van der Waals surface area contributed by atoms with E-state index in [9.17, 15) is 4.79 Å². The smallest absolute Gasteiger partial charge is 0.260 e. The van der Waals surface area contributed by atoms with Gasteiger partial charge in [0.2, 0.25) is 0 Å². The topological polar surface area (TPSA) is 67.2 Å². The summed E-state index contributed by atoms with van der Waals surface area (Å²) in [5.74, 6) is -0.394. The Bertz CT molecular complexity index is 123. The third-order valence-corrected chi connectivity index (χ3v) is 0.894. The molecule has 0 unspecified atom stereocenters. The summed E-state index contributed by atoms with van der Waals surface area (Å²) >= 11 is 0. The van der Waals surface area contributed by atoms with Crippen LogP contribution < -0.4 is 16.4 Å². The van der Waals surface area contributed by atoms with Gasteiger partial charge in [0.15, 0.2) is 6.17 Å². The second-order valence-corrected chi connectivity index (χ2v) is 1.50. The average molecular weight is 113 g/mol. The molecule has 0 fully saturated rings. The first-order chi connectivity index (χ1) is 3.80. The molecule has 0 spiro atoms. The Morgan fingerprint density at radius 2 is 2.00 bits per heavy atom. The maximum absolute atomic E-state index is 10.3. The summed E-state index contributed by atoms with van der Waals surface area (Å²) in [5.41, 5.74) is 4.89. The second kappa shape index (κ2) is 1.73. The van der Waals surface area contributed by atoms with Gasteiger partial charge in [0.1, 0.15) is 0 Å². The van der Waals surface area contributed by atoms with Gasteiger partial charge in [-0.3, -0.25) is 4.79 Å². The van der Waals surface area contributed by atoms with Crippen molar-refractivity contribution in [3.8, 4) is 0 Å². The van der Waals surface area contributed by atoms with E-state index in [2.05, 4.69) is 10.6 Å². The number of primary amides is 1. The van der Waals surface area contributed by atoms with Crippen molar-refractivity contribution in [1.29, 1.82) is 0 Å². The first kappa shape index (κ1) is 4.96. The number of hydrogen-bond acceptors (Lipinski definition) is 3. The van der Waals surface area contributed by atoms with Gasteiger partial charge in [-0.2, -0.15) is 0 Å². The number of carbonyl (C=O) groups is 1. The fourth-order valence-corrected chi connectivity index (χ4v) is 0.501. The highest BCUT2D eigenvalue weighted by Gasteiger charge is 2.12. The van der Waals surface area contributed by atoms with Crippen LogP contribution in [0.3, 0.4) is 0 Å². The number of rotatable bonds is 1. The molecular weight excluding hydrogens is 106 g/mol. The van der Waals surface area contributed by atoms with Crippen LogP contribution in [0.5, 0.6) is 0 Å². The zero-order chi connectivity index (χ0) is 5.98. The number of carbonyl (C=O) groups excluding carboxylic acids is 1. The molecule has 0 atom stereocenters. The van der Waals surface area contributed by atoms with Gasteiger partial charge in [-0.05, 0) is 0 Å². The minimum Gasteiger partial charge on any atom is -0.366 e. The SMILES string of the molecule is NC(=O)C1NC=CN1. The van der Waals surface area contributed by atoms with E-state index in [4.69, 9.17) is 5.73 Å². The van der Waals surface area contributed by atoms with Crippen molar-refractivity contribution in [3.63, 3.8) is 0 Å². The summed E-state index contributed by atoms with van der Waals surface area (Å²) in [6, 6.07) is 0. The molecule has 0 saturated carbocycles. The number of hydrogen-bond donors (Lipinski definition) is 3. The summed E-state index contributed by atoms with van der Waals surface area (Å²) in [7, 11) is 0. The lowest BCUT2D eigenvalue weighted by Crippen LogP contribution is -2.43. The molecule has 44 valence electrons. The maximum Gasteiger partial charge on any atom is 0.260 e. The molecular formula is C4H7N3O. The molecule has 0 aromatic carbocycles. The molecule has 1 aliphatic heterocycles. The first-order valence-electron chi connectivity index (χ1n) is 2.27. The molecule has 1 amide bonds. The Labute approximate surface area is 46.7 Å². The van der Waals surface area contributed by atoms with Gasteiger partial charge < -0.3 is 16.4 Å². The zero-order valence-electron chi connectivity index (χ0n) is 4.22. The normalized spacial score (nSPS) is 17.5. The van der Waals surface area contributed by atoms with Gasteiger partial charge in [0, 0.05) is 12.4 Å². The lowest BCUT2D eigenvalue weighted by atomic mass is 10.5. The van der Waals surface area contributed by atoms with Crippen LogP contribution in [0.2, 0.25) is 0 Å². The van der Waals surface area contributed by atoms with Crippen molar-refractivity contribution >= 4 is 5.91 Å². The zero-order valence-corrected chi connectivity index (χ0v) is 4.22. The van der Waals surface area contributed by atoms with Crippen molar-refractivity contribution in [3.05, 3.63) is 12.4 Å². The standard InChI is InChI=1S/C4H7N3O/c5-3(8)4-6-1-2-7-4/h1-2,4,6-7H,(H2,5,8). The molecule has 0 radical (unpaired) electrons. The van der Waals surface area contributed by atoms with Crippen LogP contribution in [0.25, 0.3) is 0 Å². The van der Waals surface area contributed by atoms with Crippen LogP contribution in [0.15, 0.2) is 12.4 Å². The van der Waals surface area contributed by atoms with Crippen molar-refractivity contribution in [1.82, 2.24) is 10.6 Å². The molecule has 0 aromatic heterocycles. The summed E-state index contributed by atoms with van der Waals surface area (Å²) in [4.78, 5) is 10.3. The summed E-state index contributed by atoms with van der Waals surface area (Å²) in [5, 5.41) is 5.38. The Morgan fingerprint density at radius 3 is 2.25 bits per heavy atom. The average Bonchev–Trinajstić information content (AvgIpc) is 2.12. The quantitative estimate of drug-likeness (QED) is 0.386. The number of nitrogens with one attached hydrogen (secondary N) is 2. The van der Waals surface area contributed by atoms with Gasteiger partial charge >= 0.3 is 0 Å². The van der Waals surface area contributed by atoms with Gasteiger partial charge in [0.05, 0.1) is 0 Å². The van der Waals surface area contributed by atoms with E-state index >= 15 is 0 Å². The summed E-state index contributed by atoms with van der Waals surface area (Å²) in [6.45, 7) is 0. The molecule has 0 saturated heterocycles. The number of amides is 1. The number of nitrogens with two attached hydrogens (primary N) is 1. The predicted octanol–water partition coefficient (Wildman–Crippen LogP) is -1.54.